The van der Waals surface area contributed by atoms with E-state index in [9.17, 15) is 4.79 Å². The van der Waals surface area contributed by atoms with E-state index < -0.39 is 0 Å². The Morgan fingerprint density at radius 3 is 2.52 bits per heavy atom. The first-order chi connectivity index (χ1) is 16.1. The minimum atomic E-state index is -0.235. The highest BCUT2D eigenvalue weighted by molar-refractivity contribution is 5.82. The highest BCUT2D eigenvalue weighted by Crippen LogP contribution is 2.38. The number of benzene rings is 1. The minimum absolute atomic E-state index is 0.205. The van der Waals surface area contributed by atoms with Crippen molar-refractivity contribution in [2.75, 3.05) is 26.2 Å². The molecule has 1 atom stereocenters. The van der Waals surface area contributed by atoms with Crippen LogP contribution in [0, 0.1) is 5.41 Å². The second-order valence-electron chi connectivity index (χ2n) is 10.3. The predicted molar refractivity (Wildman–Crippen MR) is 128 cm³/mol. The summed E-state index contributed by atoms with van der Waals surface area (Å²) < 4.78 is 5.89. The summed E-state index contributed by atoms with van der Waals surface area (Å²) in [6.45, 7) is 5.90. The molecule has 3 fully saturated rings. The predicted octanol–water partition coefficient (Wildman–Crippen LogP) is 5.02. The van der Waals surface area contributed by atoms with E-state index in [1.54, 1.807) is 6.20 Å². The first kappa shape index (κ1) is 22.3. The molecule has 0 N–H and O–H groups in total. The SMILES string of the molecule is CC1(C(=O)N2CCC[C@H](c3cncc(Oc4ccccc4)n3)C2)CCN(C2CCCC2)CC1. The Kier molecular flexibility index (Phi) is 6.63. The third-order valence-corrected chi connectivity index (χ3v) is 7.98. The molecule has 3 heterocycles. The lowest BCUT2D eigenvalue weighted by Crippen LogP contribution is -2.52. The molecule has 0 unspecified atom stereocenters. The number of hydrogen-bond acceptors (Lipinski definition) is 5. The van der Waals surface area contributed by atoms with Gasteiger partial charge in [-0.2, -0.15) is 0 Å². The molecule has 5 rings (SSSR count). The topological polar surface area (TPSA) is 58.6 Å². The van der Waals surface area contributed by atoms with Gasteiger partial charge in [0, 0.05) is 36.7 Å². The van der Waals surface area contributed by atoms with Crippen LogP contribution in [0.4, 0.5) is 0 Å². The lowest BCUT2D eigenvalue weighted by molar-refractivity contribution is -0.145. The average molecular weight is 449 g/mol. The van der Waals surface area contributed by atoms with Gasteiger partial charge in [-0.15, -0.1) is 0 Å². The number of likely N-dealkylation sites (tertiary alicyclic amines) is 2. The minimum Gasteiger partial charge on any atom is -0.437 e. The molecule has 1 saturated carbocycles. The van der Waals surface area contributed by atoms with Crippen LogP contribution in [0.25, 0.3) is 0 Å². The zero-order valence-corrected chi connectivity index (χ0v) is 19.8. The van der Waals surface area contributed by atoms with Crippen LogP contribution >= 0.6 is 0 Å². The van der Waals surface area contributed by atoms with Gasteiger partial charge in [0.15, 0.2) is 0 Å². The molecule has 1 aromatic heterocycles. The molecule has 1 aliphatic carbocycles. The van der Waals surface area contributed by atoms with Gasteiger partial charge in [0.25, 0.3) is 0 Å². The molecule has 1 aromatic carbocycles. The van der Waals surface area contributed by atoms with E-state index in [0.717, 1.165) is 69.3 Å². The summed E-state index contributed by atoms with van der Waals surface area (Å²) in [5.74, 6) is 1.80. The molecule has 6 heteroatoms. The van der Waals surface area contributed by atoms with Crippen LogP contribution in [0.5, 0.6) is 11.6 Å². The van der Waals surface area contributed by atoms with Crippen LogP contribution in [-0.2, 0) is 4.79 Å². The maximum atomic E-state index is 13.6. The summed E-state index contributed by atoms with van der Waals surface area (Å²) in [5, 5.41) is 0. The smallest absolute Gasteiger partial charge is 0.238 e. The number of rotatable bonds is 5. The Morgan fingerprint density at radius 2 is 1.76 bits per heavy atom. The van der Waals surface area contributed by atoms with Gasteiger partial charge in [0.2, 0.25) is 11.8 Å². The number of para-hydroxylation sites is 1. The largest absolute Gasteiger partial charge is 0.437 e. The van der Waals surface area contributed by atoms with Crippen molar-refractivity contribution in [3.8, 4) is 11.6 Å². The van der Waals surface area contributed by atoms with Gasteiger partial charge in [-0.1, -0.05) is 38.0 Å². The van der Waals surface area contributed by atoms with Gasteiger partial charge >= 0.3 is 0 Å². The summed E-state index contributed by atoms with van der Waals surface area (Å²) in [7, 11) is 0. The Balaban J connectivity index is 1.22. The normalized spacial score (nSPS) is 24.0. The number of piperidine rings is 2. The highest BCUT2D eigenvalue weighted by Gasteiger charge is 2.42. The summed E-state index contributed by atoms with van der Waals surface area (Å²) in [6, 6.07) is 10.4. The van der Waals surface area contributed by atoms with E-state index in [0.29, 0.717) is 11.8 Å². The summed E-state index contributed by atoms with van der Waals surface area (Å²) in [5.41, 5.74) is 0.683. The Hall–Kier alpha value is -2.47. The fraction of sp³-hybridized carbons (Fsp3) is 0.593. The van der Waals surface area contributed by atoms with Crippen LogP contribution in [-0.4, -0.2) is 57.9 Å². The summed E-state index contributed by atoms with van der Waals surface area (Å²) >= 11 is 0. The van der Waals surface area contributed by atoms with Gasteiger partial charge in [0.05, 0.1) is 11.9 Å². The monoisotopic (exact) mass is 448 g/mol. The van der Waals surface area contributed by atoms with Crippen molar-refractivity contribution in [1.29, 1.82) is 0 Å². The zero-order chi connectivity index (χ0) is 22.7. The van der Waals surface area contributed by atoms with Crippen molar-refractivity contribution in [3.63, 3.8) is 0 Å². The maximum absolute atomic E-state index is 13.6. The molecule has 176 valence electrons. The number of carbonyl (C=O) groups excluding carboxylic acids is 1. The van der Waals surface area contributed by atoms with Crippen molar-refractivity contribution in [3.05, 3.63) is 48.4 Å². The molecule has 0 radical (unpaired) electrons. The third kappa shape index (κ3) is 5.06. The van der Waals surface area contributed by atoms with E-state index in [2.05, 4.69) is 21.7 Å². The van der Waals surface area contributed by atoms with Gasteiger partial charge in [0.1, 0.15) is 5.75 Å². The van der Waals surface area contributed by atoms with E-state index in [-0.39, 0.29) is 11.3 Å². The zero-order valence-electron chi connectivity index (χ0n) is 19.8. The average Bonchev–Trinajstić information content (AvgIpc) is 3.40. The highest BCUT2D eigenvalue weighted by atomic mass is 16.5. The van der Waals surface area contributed by atoms with E-state index >= 15 is 0 Å². The second kappa shape index (κ2) is 9.80. The molecule has 2 saturated heterocycles. The van der Waals surface area contributed by atoms with Crippen LogP contribution in [0.1, 0.15) is 69.9 Å². The molecular weight excluding hydrogens is 412 g/mol. The number of amides is 1. The first-order valence-corrected chi connectivity index (χ1v) is 12.7. The second-order valence-corrected chi connectivity index (χ2v) is 10.3. The molecule has 3 aliphatic rings. The van der Waals surface area contributed by atoms with Gasteiger partial charge in [-0.05, 0) is 63.7 Å². The number of carbonyl (C=O) groups is 1. The van der Waals surface area contributed by atoms with Crippen molar-refractivity contribution in [1.82, 2.24) is 19.8 Å². The lowest BCUT2D eigenvalue weighted by atomic mass is 9.78. The van der Waals surface area contributed by atoms with E-state index in [1.807, 2.05) is 36.5 Å². The van der Waals surface area contributed by atoms with Crippen molar-refractivity contribution in [2.24, 2.45) is 5.41 Å². The number of aromatic nitrogens is 2. The van der Waals surface area contributed by atoms with Crippen LogP contribution in [0.2, 0.25) is 0 Å². The van der Waals surface area contributed by atoms with Crippen molar-refractivity contribution < 1.29 is 9.53 Å². The molecule has 1 amide bonds. The molecule has 33 heavy (non-hydrogen) atoms. The maximum Gasteiger partial charge on any atom is 0.238 e. The Morgan fingerprint density at radius 1 is 1.00 bits per heavy atom. The quantitative estimate of drug-likeness (QED) is 0.643. The number of hydrogen-bond donors (Lipinski definition) is 0. The molecule has 6 nitrogen and oxygen atoms in total. The fourth-order valence-corrected chi connectivity index (χ4v) is 5.87. The van der Waals surface area contributed by atoms with Crippen LogP contribution in [0.3, 0.4) is 0 Å². The molecule has 0 bridgehead atoms. The Bertz CT molecular complexity index is 936. The standard InChI is InChI=1S/C27H36N4O2/c1-27(13-16-30(17-14-27)22-9-5-6-10-22)26(32)31-15-7-8-21(20-31)24-18-28-19-25(29-24)33-23-11-3-2-4-12-23/h2-4,11-12,18-19,21-22H,5-10,13-17,20H2,1H3/t21-/m0/s1. The van der Waals surface area contributed by atoms with Crippen LogP contribution in [0.15, 0.2) is 42.7 Å². The van der Waals surface area contributed by atoms with Gasteiger partial charge < -0.3 is 14.5 Å². The molecule has 2 aliphatic heterocycles. The molecule has 2 aromatic rings. The third-order valence-electron chi connectivity index (χ3n) is 7.98. The van der Waals surface area contributed by atoms with E-state index in [1.165, 1.54) is 25.7 Å². The first-order valence-electron chi connectivity index (χ1n) is 12.7. The van der Waals surface area contributed by atoms with Gasteiger partial charge in [-0.25, -0.2) is 4.98 Å². The molecular formula is C27H36N4O2. The molecule has 0 spiro atoms. The lowest BCUT2D eigenvalue weighted by Gasteiger charge is -2.44. The van der Waals surface area contributed by atoms with Gasteiger partial charge in [-0.3, -0.25) is 9.78 Å². The van der Waals surface area contributed by atoms with E-state index in [4.69, 9.17) is 9.72 Å². The number of nitrogens with zero attached hydrogens (tertiary/aromatic N) is 4. The number of ether oxygens (including phenoxy) is 1. The van der Waals surface area contributed by atoms with Crippen molar-refractivity contribution >= 4 is 5.91 Å². The summed E-state index contributed by atoms with van der Waals surface area (Å²) in [6.07, 6.45) is 12.9. The Labute approximate surface area is 197 Å². The fourth-order valence-electron chi connectivity index (χ4n) is 5.87. The summed E-state index contributed by atoms with van der Waals surface area (Å²) in [4.78, 5) is 27.5. The van der Waals surface area contributed by atoms with Crippen molar-refractivity contribution in [2.45, 2.75) is 70.3 Å². The van der Waals surface area contributed by atoms with Crippen LogP contribution < -0.4 is 4.74 Å².